The molecule has 1 aromatic carbocycles. The molecule has 11 heteroatoms. The third kappa shape index (κ3) is 3.84. The summed E-state index contributed by atoms with van der Waals surface area (Å²) in [5.74, 6) is -2.30. The van der Waals surface area contributed by atoms with Crippen molar-refractivity contribution in [2.24, 2.45) is 0 Å². The van der Waals surface area contributed by atoms with E-state index in [9.17, 15) is 27.6 Å². The molecule has 1 aliphatic rings. The van der Waals surface area contributed by atoms with Crippen LogP contribution in [0.5, 0.6) is 0 Å². The zero-order valence-electron chi connectivity index (χ0n) is 13.2. The van der Waals surface area contributed by atoms with Crippen LogP contribution in [-0.2, 0) is 27.0 Å². The molecule has 1 heterocycles. The SMILES string of the molecule is CN1C(=O)C(=O)N(C)C(Cc2ccc(C(F)(F)F)cc2)(S[S][Tl])C1=O. The number of hydrogen-bond acceptors (Lipinski definition) is 5. The minimum absolute atomic E-state index is 0.00815. The summed E-state index contributed by atoms with van der Waals surface area (Å²) in [6, 6.07) is 4.45. The molecule has 1 atom stereocenters. The molecule has 0 aromatic heterocycles. The van der Waals surface area contributed by atoms with Gasteiger partial charge in [0.2, 0.25) is 0 Å². The van der Waals surface area contributed by atoms with E-state index >= 15 is 0 Å². The van der Waals surface area contributed by atoms with Gasteiger partial charge in [-0.15, -0.1) is 0 Å². The van der Waals surface area contributed by atoms with E-state index in [2.05, 4.69) is 0 Å². The molecule has 0 spiro atoms. The molecule has 5 nitrogen and oxygen atoms in total. The van der Waals surface area contributed by atoms with Gasteiger partial charge in [-0.2, -0.15) is 0 Å². The molecule has 0 radical (unpaired) electrons. The van der Waals surface area contributed by atoms with E-state index in [0.717, 1.165) is 32.7 Å². The van der Waals surface area contributed by atoms with Crippen LogP contribution in [0.1, 0.15) is 11.1 Å². The summed E-state index contributed by atoms with van der Waals surface area (Å²) in [5.41, 5.74) is -0.321. The summed E-state index contributed by atoms with van der Waals surface area (Å²) in [6.45, 7) is 0. The summed E-state index contributed by atoms with van der Waals surface area (Å²) >= 11 is 0.457. The van der Waals surface area contributed by atoms with Crippen molar-refractivity contribution in [3.05, 3.63) is 35.4 Å². The van der Waals surface area contributed by atoms with Gasteiger partial charge in [-0.1, -0.05) is 0 Å². The van der Waals surface area contributed by atoms with Gasteiger partial charge < -0.3 is 0 Å². The fourth-order valence-corrected chi connectivity index (χ4v) is 9.99. The number of carbonyl (C=O) groups excluding carboxylic acids is 3. The number of nitrogens with zero attached hydrogens (tertiary/aromatic N) is 2. The number of imide groups is 1. The normalized spacial score (nSPS) is 21.8. The summed E-state index contributed by atoms with van der Waals surface area (Å²) in [6.07, 6.45) is -4.44. The van der Waals surface area contributed by atoms with Gasteiger partial charge in [0.1, 0.15) is 0 Å². The van der Waals surface area contributed by atoms with E-state index in [1.165, 1.54) is 33.6 Å². The molecule has 1 fully saturated rings. The number of benzene rings is 1. The summed E-state index contributed by atoms with van der Waals surface area (Å²) in [5, 5.41) is 0. The van der Waals surface area contributed by atoms with Crippen molar-refractivity contribution in [1.29, 1.82) is 0 Å². The van der Waals surface area contributed by atoms with Gasteiger partial charge in [-0.3, -0.25) is 0 Å². The summed E-state index contributed by atoms with van der Waals surface area (Å²) < 4.78 is 38.1. The Hall–Kier alpha value is -0.758. The van der Waals surface area contributed by atoms with E-state index in [1.54, 1.807) is 0 Å². The minimum atomic E-state index is -4.45. The van der Waals surface area contributed by atoms with Crippen LogP contribution < -0.4 is 0 Å². The number of piperazine rings is 1. The summed E-state index contributed by atoms with van der Waals surface area (Å²) in [4.78, 5) is 37.3. The monoisotopic (exact) mass is 582 g/mol. The molecule has 132 valence electrons. The van der Waals surface area contributed by atoms with Gasteiger partial charge in [0, 0.05) is 0 Å². The standard InChI is InChI=1S/C14H13F3N2O3S2.Tl/c1-18-10(20)11(21)19(2)13(24-23,12(18)22)7-8-3-5-9(6-4-8)14(15,16)17;/h3-6,23H,7H2,1-2H3;/q;+1/p-1. The van der Waals surface area contributed by atoms with E-state index in [-0.39, 0.29) is 6.42 Å². The first-order valence-electron chi connectivity index (χ1n) is 6.85. The predicted molar refractivity (Wildman–Crippen MR) is 89.4 cm³/mol. The van der Waals surface area contributed by atoms with Crippen LogP contribution in [0.15, 0.2) is 24.3 Å². The van der Waals surface area contributed by atoms with Gasteiger partial charge >= 0.3 is 164 Å². The number of hydrogen-bond donors (Lipinski definition) is 0. The second kappa shape index (κ2) is 7.47. The number of likely N-dealkylation sites (N-methyl/N-ethyl adjacent to an activating group) is 2. The molecule has 1 unspecified atom stereocenters. The van der Waals surface area contributed by atoms with E-state index in [1.807, 2.05) is 0 Å². The van der Waals surface area contributed by atoms with Crippen molar-refractivity contribution >= 4 is 60.1 Å². The predicted octanol–water partition coefficient (Wildman–Crippen LogP) is 1.87. The molecule has 2 rings (SSSR count). The van der Waals surface area contributed by atoms with Crippen LogP contribution in [0.3, 0.4) is 0 Å². The quantitative estimate of drug-likeness (QED) is 0.235. The van der Waals surface area contributed by atoms with Gasteiger partial charge in [-0.05, 0) is 0 Å². The Labute approximate surface area is 163 Å². The third-order valence-electron chi connectivity index (χ3n) is 3.88. The Morgan fingerprint density at radius 3 is 2.12 bits per heavy atom. The summed E-state index contributed by atoms with van der Waals surface area (Å²) in [7, 11) is 5.16. The van der Waals surface area contributed by atoms with E-state index < -0.39 is 34.3 Å². The van der Waals surface area contributed by atoms with Gasteiger partial charge in [0.15, 0.2) is 0 Å². The van der Waals surface area contributed by atoms with Crippen LogP contribution in [0.2, 0.25) is 0 Å². The Balaban J connectivity index is 2.41. The van der Waals surface area contributed by atoms with Gasteiger partial charge in [-0.25, -0.2) is 0 Å². The molecule has 0 aliphatic carbocycles. The fourth-order valence-electron chi connectivity index (χ4n) is 2.43. The van der Waals surface area contributed by atoms with Gasteiger partial charge in [0.25, 0.3) is 0 Å². The van der Waals surface area contributed by atoms with Crippen molar-refractivity contribution in [3.63, 3.8) is 0 Å². The Morgan fingerprint density at radius 2 is 1.64 bits per heavy atom. The molecule has 0 N–H and O–H groups in total. The first-order chi connectivity index (χ1) is 11.5. The topological polar surface area (TPSA) is 57.7 Å². The average Bonchev–Trinajstić information content (AvgIpc) is 2.56. The van der Waals surface area contributed by atoms with Crippen LogP contribution in [0.25, 0.3) is 0 Å². The Morgan fingerprint density at radius 1 is 1.08 bits per heavy atom. The van der Waals surface area contributed by atoms with Crippen molar-refractivity contribution < 1.29 is 27.6 Å². The molecule has 0 saturated carbocycles. The molecule has 1 aliphatic heterocycles. The van der Waals surface area contributed by atoms with Crippen molar-refractivity contribution in [1.82, 2.24) is 9.80 Å². The van der Waals surface area contributed by atoms with Crippen molar-refractivity contribution in [2.75, 3.05) is 14.1 Å². The Kier molecular flexibility index (Phi) is 6.14. The molecule has 1 aromatic rings. The Bertz CT molecular complexity index is 714. The zero-order valence-corrected chi connectivity index (χ0v) is 19.3. The number of alkyl halides is 3. The molecule has 3 amide bonds. The van der Waals surface area contributed by atoms with Crippen LogP contribution in [0, 0.1) is 0 Å². The van der Waals surface area contributed by atoms with Crippen molar-refractivity contribution in [2.45, 2.75) is 17.5 Å². The van der Waals surface area contributed by atoms with Crippen LogP contribution >= 0.6 is 18.1 Å². The van der Waals surface area contributed by atoms with Crippen LogP contribution in [0.4, 0.5) is 13.2 Å². The maximum absolute atomic E-state index is 12.7. The fraction of sp³-hybridized carbons (Fsp3) is 0.357. The molecule has 0 bridgehead atoms. The second-order valence-corrected chi connectivity index (χ2v) is 14.2. The molecular formula is C14H12F3N2O3S2Tl. The second-order valence-electron chi connectivity index (χ2n) is 5.37. The first-order valence-corrected chi connectivity index (χ1v) is 14.6. The maximum atomic E-state index is 12.7. The molecule has 25 heavy (non-hydrogen) atoms. The number of halogens is 3. The molecular weight excluding hydrogens is 570 g/mol. The first kappa shape index (κ1) is 20.6. The van der Waals surface area contributed by atoms with Gasteiger partial charge in [0.05, 0.1) is 0 Å². The zero-order chi connectivity index (χ0) is 19.0. The third-order valence-corrected chi connectivity index (χ3v) is 9.33. The van der Waals surface area contributed by atoms with Crippen LogP contribution in [-0.4, -0.2) is 70.8 Å². The molecule has 1 saturated heterocycles. The van der Waals surface area contributed by atoms with Crippen molar-refractivity contribution in [3.8, 4) is 0 Å². The van der Waals surface area contributed by atoms with E-state index in [0.29, 0.717) is 29.8 Å². The number of amides is 3. The van der Waals surface area contributed by atoms with E-state index in [4.69, 9.17) is 0 Å². The number of rotatable bonds is 4. The average molecular weight is 582 g/mol. The number of carbonyl (C=O) groups is 3.